The van der Waals surface area contributed by atoms with Crippen LogP contribution in [0.4, 0.5) is 0 Å². The van der Waals surface area contributed by atoms with Crippen molar-refractivity contribution in [2.24, 2.45) is 11.3 Å². The van der Waals surface area contributed by atoms with Crippen molar-refractivity contribution in [3.63, 3.8) is 0 Å². The number of unbranched alkanes of at least 4 members (excludes halogenated alkanes) is 3. The lowest BCUT2D eigenvalue weighted by Crippen LogP contribution is -2.39. The van der Waals surface area contributed by atoms with E-state index in [1.165, 1.54) is 64.2 Å². The summed E-state index contributed by atoms with van der Waals surface area (Å²) in [6.45, 7) is 7.13. The van der Waals surface area contributed by atoms with Crippen LogP contribution in [0.1, 0.15) is 78.1 Å². The molecule has 2 N–H and O–H groups in total. The molecule has 0 radical (unpaired) electrons. The van der Waals surface area contributed by atoms with Crippen molar-refractivity contribution in [3.8, 4) is 0 Å². The van der Waals surface area contributed by atoms with Crippen LogP contribution in [0.2, 0.25) is 0 Å². The Hall–Kier alpha value is -0.0800. The third-order valence-corrected chi connectivity index (χ3v) is 4.63. The molecule has 1 aliphatic rings. The zero-order chi connectivity index (χ0) is 14.0. The molecule has 0 amide bonds. The van der Waals surface area contributed by atoms with Crippen LogP contribution in [-0.4, -0.2) is 24.8 Å². The first-order valence-corrected chi connectivity index (χ1v) is 8.50. The summed E-state index contributed by atoms with van der Waals surface area (Å²) in [7, 11) is 0. The molecule has 1 aliphatic carbocycles. The zero-order valence-corrected chi connectivity index (χ0v) is 13.2. The van der Waals surface area contributed by atoms with Gasteiger partial charge in [-0.1, -0.05) is 58.8 Å². The van der Waals surface area contributed by atoms with E-state index in [4.69, 9.17) is 0 Å². The van der Waals surface area contributed by atoms with Gasteiger partial charge in [0.1, 0.15) is 0 Å². The first-order chi connectivity index (χ1) is 9.18. The predicted molar refractivity (Wildman–Crippen MR) is 83.4 cm³/mol. The number of hydrogen-bond donors (Lipinski definition) is 2. The Balaban J connectivity index is 1.97. The van der Waals surface area contributed by atoms with Crippen LogP contribution < -0.4 is 5.32 Å². The van der Waals surface area contributed by atoms with Gasteiger partial charge in [0.25, 0.3) is 0 Å². The van der Waals surface area contributed by atoms with E-state index in [1.54, 1.807) is 0 Å². The van der Waals surface area contributed by atoms with Crippen molar-refractivity contribution in [1.82, 2.24) is 5.32 Å². The smallest absolute Gasteiger partial charge is 0.0499 e. The van der Waals surface area contributed by atoms with E-state index < -0.39 is 0 Å². The highest BCUT2D eigenvalue weighted by Crippen LogP contribution is 2.35. The fourth-order valence-corrected chi connectivity index (χ4v) is 3.20. The molecule has 0 aromatic rings. The fourth-order valence-electron chi connectivity index (χ4n) is 3.20. The van der Waals surface area contributed by atoms with Crippen molar-refractivity contribution in [2.75, 3.05) is 19.7 Å². The van der Waals surface area contributed by atoms with Crippen molar-refractivity contribution >= 4 is 0 Å². The lowest BCUT2D eigenvalue weighted by molar-refractivity contribution is 0.0814. The van der Waals surface area contributed by atoms with Gasteiger partial charge >= 0.3 is 0 Å². The van der Waals surface area contributed by atoms with E-state index in [0.29, 0.717) is 6.61 Å². The van der Waals surface area contributed by atoms with E-state index >= 15 is 0 Å². The summed E-state index contributed by atoms with van der Waals surface area (Å²) < 4.78 is 0. The fraction of sp³-hybridized carbons (Fsp3) is 1.00. The molecule has 0 heterocycles. The van der Waals surface area contributed by atoms with Crippen molar-refractivity contribution < 1.29 is 5.11 Å². The molecule has 114 valence electrons. The third kappa shape index (κ3) is 7.31. The Morgan fingerprint density at radius 1 is 1.00 bits per heavy atom. The molecule has 0 aromatic heterocycles. The first-order valence-electron chi connectivity index (χ1n) is 8.50. The summed E-state index contributed by atoms with van der Waals surface area (Å²) in [5, 5.41) is 13.2. The van der Waals surface area contributed by atoms with Crippen molar-refractivity contribution in [2.45, 2.75) is 78.1 Å². The minimum Gasteiger partial charge on any atom is -0.396 e. The molecule has 0 aromatic carbocycles. The first kappa shape index (κ1) is 17.0. The van der Waals surface area contributed by atoms with Gasteiger partial charge < -0.3 is 10.4 Å². The molecule has 19 heavy (non-hydrogen) atoms. The maximum absolute atomic E-state index is 9.63. The van der Waals surface area contributed by atoms with Gasteiger partial charge in [-0.25, -0.2) is 0 Å². The number of aliphatic hydroxyl groups is 1. The topological polar surface area (TPSA) is 32.3 Å². The predicted octanol–water partition coefficient (Wildman–Crippen LogP) is 4.13. The molecular weight excluding hydrogens is 234 g/mol. The summed E-state index contributed by atoms with van der Waals surface area (Å²) in [6, 6.07) is 0. The van der Waals surface area contributed by atoms with Crippen LogP contribution in [0.3, 0.4) is 0 Å². The molecule has 0 spiro atoms. The summed E-state index contributed by atoms with van der Waals surface area (Å²) >= 11 is 0. The van der Waals surface area contributed by atoms with E-state index in [-0.39, 0.29) is 5.41 Å². The standard InChI is InChI=1S/C17H35NO/c1-16(2)10-6-3-4-9-13-18-14-17(15-19)11-7-5-8-12-17/h16,18-19H,3-15H2,1-2H3. The number of hydrogen-bond acceptors (Lipinski definition) is 2. The summed E-state index contributed by atoms with van der Waals surface area (Å²) in [5.41, 5.74) is 0.204. The van der Waals surface area contributed by atoms with E-state index in [2.05, 4.69) is 19.2 Å². The van der Waals surface area contributed by atoms with Crippen LogP contribution in [0.15, 0.2) is 0 Å². The Morgan fingerprint density at radius 3 is 2.32 bits per heavy atom. The maximum atomic E-state index is 9.63. The molecule has 0 bridgehead atoms. The van der Waals surface area contributed by atoms with Gasteiger partial charge in [-0.05, 0) is 31.7 Å². The van der Waals surface area contributed by atoms with Crippen LogP contribution in [-0.2, 0) is 0 Å². The molecule has 1 saturated carbocycles. The molecule has 0 saturated heterocycles. The Kier molecular flexibility index (Phi) is 8.72. The summed E-state index contributed by atoms with van der Waals surface area (Å²) in [6.07, 6.45) is 13.2. The number of rotatable bonds is 10. The molecule has 1 fully saturated rings. The quantitative estimate of drug-likeness (QED) is 0.585. The molecule has 0 atom stereocenters. The Morgan fingerprint density at radius 2 is 1.68 bits per heavy atom. The second-order valence-corrected chi connectivity index (χ2v) is 6.99. The molecular formula is C17H35NO. The average molecular weight is 269 g/mol. The summed E-state index contributed by atoms with van der Waals surface area (Å²) in [4.78, 5) is 0. The van der Waals surface area contributed by atoms with Gasteiger partial charge in [-0.3, -0.25) is 0 Å². The number of aliphatic hydroxyl groups excluding tert-OH is 1. The van der Waals surface area contributed by atoms with Crippen molar-refractivity contribution in [1.29, 1.82) is 0 Å². The highest BCUT2D eigenvalue weighted by atomic mass is 16.3. The van der Waals surface area contributed by atoms with Gasteiger partial charge in [0.2, 0.25) is 0 Å². The van der Waals surface area contributed by atoms with Gasteiger partial charge in [0, 0.05) is 18.6 Å². The molecule has 1 rings (SSSR count). The van der Waals surface area contributed by atoms with E-state index in [1.807, 2.05) is 0 Å². The molecule has 0 aliphatic heterocycles. The lowest BCUT2D eigenvalue weighted by atomic mass is 9.74. The maximum Gasteiger partial charge on any atom is 0.0499 e. The average Bonchev–Trinajstić information content (AvgIpc) is 2.42. The minimum atomic E-state index is 0.204. The minimum absolute atomic E-state index is 0.204. The van der Waals surface area contributed by atoms with E-state index in [0.717, 1.165) is 19.0 Å². The lowest BCUT2D eigenvalue weighted by Gasteiger charge is -2.35. The van der Waals surface area contributed by atoms with Gasteiger partial charge in [-0.15, -0.1) is 0 Å². The molecule has 0 unspecified atom stereocenters. The molecule has 2 nitrogen and oxygen atoms in total. The highest BCUT2D eigenvalue weighted by Gasteiger charge is 2.30. The van der Waals surface area contributed by atoms with Crippen LogP contribution >= 0.6 is 0 Å². The second kappa shape index (κ2) is 9.77. The Labute approximate surface area is 120 Å². The summed E-state index contributed by atoms with van der Waals surface area (Å²) in [5.74, 6) is 0.855. The SMILES string of the molecule is CC(C)CCCCCCNCC1(CO)CCCCC1. The third-order valence-electron chi connectivity index (χ3n) is 4.63. The second-order valence-electron chi connectivity index (χ2n) is 6.99. The zero-order valence-electron chi connectivity index (χ0n) is 13.2. The van der Waals surface area contributed by atoms with Crippen molar-refractivity contribution in [3.05, 3.63) is 0 Å². The van der Waals surface area contributed by atoms with Crippen LogP contribution in [0.25, 0.3) is 0 Å². The normalized spacial score (nSPS) is 18.9. The largest absolute Gasteiger partial charge is 0.396 e. The van der Waals surface area contributed by atoms with Crippen LogP contribution in [0, 0.1) is 11.3 Å². The van der Waals surface area contributed by atoms with E-state index in [9.17, 15) is 5.11 Å². The monoisotopic (exact) mass is 269 g/mol. The van der Waals surface area contributed by atoms with Crippen LogP contribution in [0.5, 0.6) is 0 Å². The highest BCUT2D eigenvalue weighted by molar-refractivity contribution is 4.84. The number of nitrogens with one attached hydrogen (secondary N) is 1. The Bertz CT molecular complexity index is 209. The van der Waals surface area contributed by atoms with Gasteiger partial charge in [0.05, 0.1) is 0 Å². The van der Waals surface area contributed by atoms with Gasteiger partial charge in [0.15, 0.2) is 0 Å². The van der Waals surface area contributed by atoms with Gasteiger partial charge in [-0.2, -0.15) is 0 Å². The molecule has 2 heteroatoms.